The minimum Gasteiger partial charge on any atom is -0.472 e. The van der Waals surface area contributed by atoms with E-state index >= 15 is 0 Å². The van der Waals surface area contributed by atoms with E-state index in [2.05, 4.69) is 4.98 Å². The summed E-state index contributed by atoms with van der Waals surface area (Å²) >= 11 is 0. The maximum atomic E-state index is 12.1. The first-order chi connectivity index (χ1) is 9.72. The van der Waals surface area contributed by atoms with Gasteiger partial charge in [-0.2, -0.15) is 0 Å². The molecule has 1 saturated heterocycles. The Morgan fingerprint density at radius 1 is 1.45 bits per heavy atom. The highest BCUT2D eigenvalue weighted by atomic mass is 16.5. The molecular formula is C15H16N2O3. The molecule has 1 unspecified atom stereocenters. The number of rotatable bonds is 3. The number of carbonyl (C=O) groups is 1. The normalized spacial score (nSPS) is 18.2. The number of aromatic nitrogens is 1. The summed E-state index contributed by atoms with van der Waals surface area (Å²) in [6, 6.07) is 5.50. The van der Waals surface area contributed by atoms with Gasteiger partial charge in [-0.15, -0.1) is 0 Å². The average Bonchev–Trinajstić information content (AvgIpc) is 3.12. The fraction of sp³-hybridized carbons (Fsp3) is 0.333. The van der Waals surface area contributed by atoms with Crippen molar-refractivity contribution in [2.24, 2.45) is 0 Å². The average molecular weight is 272 g/mol. The van der Waals surface area contributed by atoms with Crippen molar-refractivity contribution in [1.29, 1.82) is 0 Å². The third kappa shape index (κ3) is 2.66. The fourth-order valence-electron chi connectivity index (χ4n) is 2.27. The third-order valence-corrected chi connectivity index (χ3v) is 3.37. The summed E-state index contributed by atoms with van der Waals surface area (Å²) in [4.78, 5) is 18.1. The molecule has 1 amide bonds. The Balaban J connectivity index is 1.59. The Morgan fingerprint density at radius 3 is 3.05 bits per heavy atom. The smallest absolute Gasteiger partial charge is 0.257 e. The van der Waals surface area contributed by atoms with E-state index in [-0.39, 0.29) is 12.0 Å². The van der Waals surface area contributed by atoms with Crippen molar-refractivity contribution in [3.8, 4) is 5.88 Å². The fourth-order valence-corrected chi connectivity index (χ4v) is 2.27. The molecule has 2 aromatic heterocycles. The van der Waals surface area contributed by atoms with E-state index in [0.717, 1.165) is 12.0 Å². The predicted octanol–water partition coefficient (Wildman–Crippen LogP) is 2.28. The highest BCUT2D eigenvalue weighted by Crippen LogP contribution is 2.18. The maximum Gasteiger partial charge on any atom is 0.257 e. The Bertz CT molecular complexity index is 578. The Morgan fingerprint density at radius 2 is 2.35 bits per heavy atom. The molecular weight excluding hydrogens is 256 g/mol. The summed E-state index contributed by atoms with van der Waals surface area (Å²) in [5.74, 6) is 0.597. The summed E-state index contributed by atoms with van der Waals surface area (Å²) in [6.45, 7) is 3.26. The molecule has 3 heterocycles. The molecule has 0 N–H and O–H groups in total. The minimum absolute atomic E-state index is 0.000979. The first-order valence-electron chi connectivity index (χ1n) is 6.63. The van der Waals surface area contributed by atoms with Crippen LogP contribution in [-0.2, 0) is 0 Å². The summed E-state index contributed by atoms with van der Waals surface area (Å²) in [5, 5.41) is 0. The minimum atomic E-state index is -0.0123. The van der Waals surface area contributed by atoms with E-state index in [1.807, 2.05) is 19.1 Å². The number of hydrogen-bond donors (Lipinski definition) is 0. The van der Waals surface area contributed by atoms with Crippen LogP contribution in [0, 0.1) is 6.92 Å². The van der Waals surface area contributed by atoms with Crippen LogP contribution in [0.2, 0.25) is 0 Å². The summed E-state index contributed by atoms with van der Waals surface area (Å²) in [5.41, 5.74) is 1.68. The van der Waals surface area contributed by atoms with Gasteiger partial charge in [-0.3, -0.25) is 4.79 Å². The van der Waals surface area contributed by atoms with Crippen LogP contribution in [0.5, 0.6) is 5.88 Å². The topological polar surface area (TPSA) is 55.6 Å². The van der Waals surface area contributed by atoms with E-state index in [9.17, 15) is 4.79 Å². The Kier molecular flexibility index (Phi) is 3.41. The monoisotopic (exact) mass is 272 g/mol. The first-order valence-corrected chi connectivity index (χ1v) is 6.63. The molecule has 20 heavy (non-hydrogen) atoms. The Labute approximate surface area is 117 Å². The van der Waals surface area contributed by atoms with Crippen LogP contribution >= 0.6 is 0 Å². The number of amides is 1. The van der Waals surface area contributed by atoms with Crippen LogP contribution in [0.4, 0.5) is 0 Å². The highest BCUT2D eigenvalue weighted by Gasteiger charge is 2.28. The standard InChI is InChI=1S/C15H16N2O3/c1-11-2-3-14(16-8-11)20-13-4-6-17(9-13)15(18)12-5-7-19-10-12/h2-3,5,7-8,10,13H,4,6,9H2,1H3. The van der Waals surface area contributed by atoms with Gasteiger partial charge in [-0.05, 0) is 18.6 Å². The number of furan rings is 1. The van der Waals surface area contributed by atoms with Crippen LogP contribution in [-0.4, -0.2) is 35.0 Å². The predicted molar refractivity (Wildman–Crippen MR) is 72.6 cm³/mol. The molecule has 0 saturated carbocycles. The zero-order valence-electron chi connectivity index (χ0n) is 11.3. The van der Waals surface area contributed by atoms with Gasteiger partial charge < -0.3 is 14.1 Å². The molecule has 3 rings (SSSR count). The van der Waals surface area contributed by atoms with E-state index < -0.39 is 0 Å². The molecule has 0 radical (unpaired) electrons. The lowest BCUT2D eigenvalue weighted by molar-refractivity contribution is 0.0770. The molecule has 1 aliphatic heterocycles. The molecule has 1 fully saturated rings. The third-order valence-electron chi connectivity index (χ3n) is 3.37. The van der Waals surface area contributed by atoms with Gasteiger partial charge in [0.25, 0.3) is 5.91 Å². The van der Waals surface area contributed by atoms with Gasteiger partial charge in [0.1, 0.15) is 12.4 Å². The number of nitrogens with zero attached hydrogens (tertiary/aromatic N) is 2. The second-order valence-corrected chi connectivity index (χ2v) is 4.97. The van der Waals surface area contributed by atoms with Gasteiger partial charge in [0.05, 0.1) is 18.4 Å². The van der Waals surface area contributed by atoms with Crippen LogP contribution in [0.3, 0.4) is 0 Å². The molecule has 0 spiro atoms. The lowest BCUT2D eigenvalue weighted by atomic mass is 10.3. The zero-order valence-corrected chi connectivity index (χ0v) is 11.3. The van der Waals surface area contributed by atoms with Crippen molar-refractivity contribution in [1.82, 2.24) is 9.88 Å². The van der Waals surface area contributed by atoms with E-state index in [1.165, 1.54) is 12.5 Å². The highest BCUT2D eigenvalue weighted by molar-refractivity contribution is 5.94. The molecule has 5 heteroatoms. The number of carbonyl (C=O) groups excluding carboxylic acids is 1. The van der Waals surface area contributed by atoms with Crippen molar-refractivity contribution < 1.29 is 13.9 Å². The van der Waals surface area contributed by atoms with Crippen LogP contribution in [0.25, 0.3) is 0 Å². The van der Waals surface area contributed by atoms with Crippen molar-refractivity contribution in [3.63, 3.8) is 0 Å². The van der Waals surface area contributed by atoms with Crippen LogP contribution in [0.15, 0.2) is 41.3 Å². The quantitative estimate of drug-likeness (QED) is 0.860. The van der Waals surface area contributed by atoms with E-state index in [4.69, 9.17) is 9.15 Å². The second kappa shape index (κ2) is 5.36. The number of aryl methyl sites for hydroxylation is 1. The summed E-state index contributed by atoms with van der Waals surface area (Å²) in [7, 11) is 0. The summed E-state index contributed by atoms with van der Waals surface area (Å²) < 4.78 is 10.7. The van der Waals surface area contributed by atoms with Crippen molar-refractivity contribution in [3.05, 3.63) is 48.0 Å². The maximum absolute atomic E-state index is 12.1. The molecule has 2 aromatic rings. The molecule has 104 valence electrons. The lowest BCUT2D eigenvalue weighted by Gasteiger charge is -2.16. The first kappa shape index (κ1) is 12.7. The molecule has 1 atom stereocenters. The number of likely N-dealkylation sites (tertiary alicyclic amines) is 1. The van der Waals surface area contributed by atoms with Crippen molar-refractivity contribution in [2.45, 2.75) is 19.4 Å². The number of ether oxygens (including phenoxy) is 1. The van der Waals surface area contributed by atoms with Gasteiger partial charge in [0.2, 0.25) is 5.88 Å². The van der Waals surface area contributed by atoms with Crippen molar-refractivity contribution in [2.75, 3.05) is 13.1 Å². The molecule has 0 aromatic carbocycles. The van der Waals surface area contributed by atoms with Gasteiger partial charge >= 0.3 is 0 Å². The van der Waals surface area contributed by atoms with Gasteiger partial charge in [0, 0.05) is 25.2 Å². The number of hydrogen-bond acceptors (Lipinski definition) is 4. The SMILES string of the molecule is Cc1ccc(OC2CCN(C(=O)c3ccoc3)C2)nc1. The lowest BCUT2D eigenvalue weighted by Crippen LogP contribution is -2.30. The van der Waals surface area contributed by atoms with Gasteiger partial charge in [-0.25, -0.2) is 4.98 Å². The molecule has 0 aliphatic carbocycles. The second-order valence-electron chi connectivity index (χ2n) is 4.97. The zero-order chi connectivity index (χ0) is 13.9. The van der Waals surface area contributed by atoms with Crippen LogP contribution in [0.1, 0.15) is 22.3 Å². The molecule has 5 nitrogen and oxygen atoms in total. The summed E-state index contributed by atoms with van der Waals surface area (Å²) in [6.07, 6.45) is 5.57. The Hall–Kier alpha value is -2.30. The van der Waals surface area contributed by atoms with Gasteiger partial charge in [-0.1, -0.05) is 6.07 Å². The molecule has 1 aliphatic rings. The van der Waals surface area contributed by atoms with Crippen molar-refractivity contribution >= 4 is 5.91 Å². The van der Waals surface area contributed by atoms with E-state index in [1.54, 1.807) is 17.2 Å². The largest absolute Gasteiger partial charge is 0.472 e. The van der Waals surface area contributed by atoms with E-state index in [0.29, 0.717) is 24.5 Å². The molecule has 0 bridgehead atoms. The van der Waals surface area contributed by atoms with Crippen LogP contribution < -0.4 is 4.74 Å². The number of pyridine rings is 1. The van der Waals surface area contributed by atoms with Gasteiger partial charge in [0.15, 0.2) is 0 Å².